The zero-order valence-corrected chi connectivity index (χ0v) is 13.8. The molecule has 1 aromatic heterocycles. The average Bonchev–Trinajstić information content (AvgIpc) is 2.89. The summed E-state index contributed by atoms with van der Waals surface area (Å²) in [6, 6.07) is 8.79. The molecule has 0 aliphatic heterocycles. The Hall–Kier alpha value is -2.23. The van der Waals surface area contributed by atoms with Crippen LogP contribution in [-0.2, 0) is 0 Å². The quantitative estimate of drug-likeness (QED) is 0.607. The Morgan fingerprint density at radius 1 is 1.00 bits per heavy atom. The summed E-state index contributed by atoms with van der Waals surface area (Å²) >= 11 is 0. The number of nitrogens with zero attached hydrogens (tertiary/aromatic N) is 2. The lowest BCUT2D eigenvalue weighted by Crippen LogP contribution is -2.01. The summed E-state index contributed by atoms with van der Waals surface area (Å²) < 4.78 is 30.6. The van der Waals surface area contributed by atoms with Crippen LogP contribution >= 0.6 is 0 Å². The van der Waals surface area contributed by atoms with Crippen LogP contribution in [-0.4, -0.2) is 9.78 Å². The first-order chi connectivity index (χ1) is 10.9. The molecule has 0 bridgehead atoms. The zero-order chi connectivity index (χ0) is 16.7. The van der Waals surface area contributed by atoms with Crippen LogP contribution in [0.2, 0.25) is 0 Å². The van der Waals surface area contributed by atoms with Gasteiger partial charge in [-0.1, -0.05) is 26.0 Å². The molecule has 0 saturated carbocycles. The lowest BCUT2D eigenvalue weighted by molar-refractivity contribution is 0.542. The molecule has 23 heavy (non-hydrogen) atoms. The van der Waals surface area contributed by atoms with E-state index in [1.165, 1.54) is 12.1 Å². The Bertz CT molecular complexity index is 840. The molecule has 2 aromatic carbocycles. The van der Waals surface area contributed by atoms with Gasteiger partial charge in [-0.2, -0.15) is 5.10 Å². The number of rotatable bonds is 3. The third-order valence-corrected chi connectivity index (χ3v) is 4.10. The largest absolute Gasteiger partial charge is 0.262 e. The maximum Gasteiger partial charge on any atom is 0.130 e. The number of hydrogen-bond donors (Lipinski definition) is 0. The number of halogens is 2. The molecule has 0 atom stereocenters. The molecule has 3 rings (SSSR count). The number of benzene rings is 2. The summed E-state index contributed by atoms with van der Waals surface area (Å²) in [5, 5.41) is 5.30. The summed E-state index contributed by atoms with van der Waals surface area (Å²) in [7, 11) is 0. The minimum Gasteiger partial charge on any atom is -0.262 e. The van der Waals surface area contributed by atoms with Gasteiger partial charge < -0.3 is 0 Å². The summed E-state index contributed by atoms with van der Waals surface area (Å²) in [4.78, 5) is 0. The molecule has 0 aliphatic rings. The Morgan fingerprint density at radius 3 is 2.22 bits per heavy atom. The maximum atomic E-state index is 14.3. The molecule has 2 nitrogen and oxygen atoms in total. The molecule has 0 N–H and O–H groups in total. The standard InChI is InChI=1S/C19H20F2N2/c1-11(2)19-16(20)8-13(9-17(19)21)14-6-5-7-18-15(14)10-22-23(18)12(3)4/h5-12H,1-4H3. The van der Waals surface area contributed by atoms with Gasteiger partial charge >= 0.3 is 0 Å². The van der Waals surface area contributed by atoms with Gasteiger partial charge in [0.25, 0.3) is 0 Å². The zero-order valence-electron chi connectivity index (χ0n) is 13.8. The molecule has 0 amide bonds. The van der Waals surface area contributed by atoms with E-state index >= 15 is 0 Å². The molecule has 0 fully saturated rings. The summed E-state index contributed by atoms with van der Waals surface area (Å²) in [6.07, 6.45) is 1.76. The second-order valence-electron chi connectivity index (χ2n) is 6.43. The van der Waals surface area contributed by atoms with Gasteiger partial charge in [0.2, 0.25) is 0 Å². The van der Waals surface area contributed by atoms with Crippen LogP contribution in [0, 0.1) is 11.6 Å². The highest BCUT2D eigenvalue weighted by molar-refractivity contribution is 5.94. The predicted molar refractivity (Wildman–Crippen MR) is 89.6 cm³/mol. The van der Waals surface area contributed by atoms with Crippen LogP contribution in [0.25, 0.3) is 22.0 Å². The van der Waals surface area contributed by atoms with Gasteiger partial charge in [0.05, 0.1) is 11.7 Å². The Labute approximate surface area is 134 Å². The fourth-order valence-corrected chi connectivity index (χ4v) is 3.03. The first-order valence-corrected chi connectivity index (χ1v) is 7.85. The van der Waals surface area contributed by atoms with Gasteiger partial charge in [0.15, 0.2) is 0 Å². The molecule has 3 aromatic rings. The van der Waals surface area contributed by atoms with Gasteiger partial charge in [0, 0.05) is 17.0 Å². The molecule has 1 heterocycles. The van der Waals surface area contributed by atoms with Gasteiger partial charge in [-0.25, -0.2) is 8.78 Å². The highest BCUT2D eigenvalue weighted by Gasteiger charge is 2.17. The van der Waals surface area contributed by atoms with Crippen molar-refractivity contribution in [1.82, 2.24) is 9.78 Å². The number of aromatic nitrogens is 2. The van der Waals surface area contributed by atoms with Crippen LogP contribution in [0.1, 0.15) is 45.2 Å². The van der Waals surface area contributed by atoms with Crippen molar-refractivity contribution in [2.24, 2.45) is 0 Å². The Morgan fingerprint density at radius 2 is 1.65 bits per heavy atom. The average molecular weight is 314 g/mol. The number of fused-ring (bicyclic) bond motifs is 1. The van der Waals surface area contributed by atoms with Gasteiger partial charge in [-0.15, -0.1) is 0 Å². The normalized spacial score (nSPS) is 11.8. The van der Waals surface area contributed by atoms with Crippen molar-refractivity contribution in [1.29, 1.82) is 0 Å². The van der Waals surface area contributed by atoms with Crippen molar-refractivity contribution in [2.75, 3.05) is 0 Å². The highest BCUT2D eigenvalue weighted by Crippen LogP contribution is 2.33. The molecule has 0 spiro atoms. The van der Waals surface area contributed by atoms with Crippen LogP contribution in [0.4, 0.5) is 8.78 Å². The van der Waals surface area contributed by atoms with Gasteiger partial charge in [0.1, 0.15) is 11.6 Å². The highest BCUT2D eigenvalue weighted by atomic mass is 19.1. The SMILES string of the molecule is CC(C)c1c(F)cc(-c2cccc3c2cnn3C(C)C)cc1F. The third kappa shape index (κ3) is 2.62. The van der Waals surface area contributed by atoms with Crippen molar-refractivity contribution in [3.05, 3.63) is 53.7 Å². The van der Waals surface area contributed by atoms with E-state index in [1.54, 1.807) is 20.0 Å². The predicted octanol–water partition coefficient (Wildman–Crippen LogP) is 5.69. The Kier molecular flexibility index (Phi) is 3.92. The fourth-order valence-electron chi connectivity index (χ4n) is 3.03. The minimum absolute atomic E-state index is 0.138. The third-order valence-electron chi connectivity index (χ3n) is 4.10. The first-order valence-electron chi connectivity index (χ1n) is 7.85. The van der Waals surface area contributed by atoms with Crippen LogP contribution in [0.5, 0.6) is 0 Å². The minimum atomic E-state index is -0.497. The van der Waals surface area contributed by atoms with E-state index in [0.717, 1.165) is 16.5 Å². The van der Waals surface area contributed by atoms with E-state index in [2.05, 4.69) is 18.9 Å². The topological polar surface area (TPSA) is 17.8 Å². The molecule has 4 heteroatoms. The van der Waals surface area contributed by atoms with E-state index in [-0.39, 0.29) is 17.5 Å². The van der Waals surface area contributed by atoms with Gasteiger partial charge in [-0.3, -0.25) is 4.68 Å². The van der Waals surface area contributed by atoms with Crippen LogP contribution in [0.3, 0.4) is 0 Å². The Balaban J connectivity index is 2.22. The summed E-state index contributed by atoms with van der Waals surface area (Å²) in [5.41, 5.74) is 2.44. The monoisotopic (exact) mass is 314 g/mol. The fraction of sp³-hybridized carbons (Fsp3) is 0.316. The van der Waals surface area contributed by atoms with E-state index in [9.17, 15) is 8.78 Å². The van der Waals surface area contributed by atoms with E-state index < -0.39 is 11.6 Å². The van der Waals surface area contributed by atoms with Crippen molar-refractivity contribution in [2.45, 2.75) is 39.7 Å². The van der Waals surface area contributed by atoms with Crippen molar-refractivity contribution < 1.29 is 8.78 Å². The van der Waals surface area contributed by atoms with Crippen LogP contribution in [0.15, 0.2) is 36.5 Å². The maximum absolute atomic E-state index is 14.3. The molecule has 0 radical (unpaired) electrons. The molecular weight excluding hydrogens is 294 g/mol. The summed E-state index contributed by atoms with van der Waals surface area (Å²) in [5.74, 6) is -1.19. The van der Waals surface area contributed by atoms with Crippen LogP contribution < -0.4 is 0 Å². The second-order valence-corrected chi connectivity index (χ2v) is 6.43. The number of hydrogen-bond acceptors (Lipinski definition) is 1. The molecular formula is C19H20F2N2. The molecule has 0 aliphatic carbocycles. The molecule has 120 valence electrons. The van der Waals surface area contributed by atoms with E-state index in [0.29, 0.717) is 5.56 Å². The van der Waals surface area contributed by atoms with E-state index in [4.69, 9.17) is 0 Å². The molecule has 0 saturated heterocycles. The van der Waals surface area contributed by atoms with Gasteiger partial charge in [-0.05, 0) is 49.1 Å². The smallest absolute Gasteiger partial charge is 0.130 e. The van der Waals surface area contributed by atoms with E-state index in [1.807, 2.05) is 22.9 Å². The van der Waals surface area contributed by atoms with Crippen molar-refractivity contribution in [3.63, 3.8) is 0 Å². The lowest BCUT2D eigenvalue weighted by atomic mass is 9.96. The first kappa shape index (κ1) is 15.7. The molecule has 0 unspecified atom stereocenters. The second kappa shape index (κ2) is 5.76. The van der Waals surface area contributed by atoms with Crippen molar-refractivity contribution >= 4 is 10.9 Å². The lowest BCUT2D eigenvalue weighted by Gasteiger charge is -2.12. The summed E-state index contributed by atoms with van der Waals surface area (Å²) in [6.45, 7) is 7.68. The van der Waals surface area contributed by atoms with Crippen molar-refractivity contribution in [3.8, 4) is 11.1 Å².